The number of benzene rings is 2. The van der Waals surface area contributed by atoms with Gasteiger partial charge >= 0.3 is 6.03 Å². The summed E-state index contributed by atoms with van der Waals surface area (Å²) >= 11 is 0. The molecule has 1 saturated heterocycles. The minimum Gasteiger partial charge on any atom is -0.496 e. The number of ether oxygens (including phenoxy) is 1. The molecule has 0 bridgehead atoms. The molecule has 0 saturated carbocycles. The maximum absolute atomic E-state index is 12.0. The minimum atomic E-state index is -0.506. The molecule has 7 heteroatoms. The Morgan fingerprint density at radius 3 is 2.09 bits per heavy atom. The molecular weight excluding hydrogens is 416 g/mol. The van der Waals surface area contributed by atoms with E-state index in [1.807, 2.05) is 18.2 Å². The zero-order chi connectivity index (χ0) is 23.9. The van der Waals surface area contributed by atoms with Crippen molar-refractivity contribution in [2.24, 2.45) is 0 Å². The van der Waals surface area contributed by atoms with E-state index in [0.717, 1.165) is 41.1 Å². The predicted molar refractivity (Wildman–Crippen MR) is 133 cm³/mol. The highest BCUT2D eigenvalue weighted by molar-refractivity contribution is 6.14. The quantitative estimate of drug-likeness (QED) is 0.527. The lowest BCUT2D eigenvalue weighted by Crippen LogP contribution is -2.46. The summed E-state index contributed by atoms with van der Waals surface area (Å²) in [7, 11) is 1.66. The van der Waals surface area contributed by atoms with Gasteiger partial charge in [-0.3, -0.25) is 10.1 Å². The standard InChI is InChI=1S/C26H32N4O3/c1-15(2)29-9-10-30(16(3)4)23-14-19(17(5)11-22(23)29)20-12-18(7-8-24(20)33-6)13-21-25(31)28-26(32)27-21/h7-8,11-16H,9-10H2,1-6H3,(H2,27,28,31,32). The highest BCUT2D eigenvalue weighted by Gasteiger charge is 2.28. The van der Waals surface area contributed by atoms with Gasteiger partial charge in [0.15, 0.2) is 0 Å². The number of carbonyl (C=O) groups excluding carboxylic acids is 2. The lowest BCUT2D eigenvalue weighted by Gasteiger charge is -2.43. The Kier molecular flexibility index (Phi) is 6.06. The van der Waals surface area contributed by atoms with Crippen LogP contribution >= 0.6 is 0 Å². The number of urea groups is 1. The third-order valence-electron chi connectivity index (χ3n) is 6.31. The van der Waals surface area contributed by atoms with Crippen molar-refractivity contribution in [2.75, 3.05) is 30.0 Å². The number of anilines is 2. The first-order valence-electron chi connectivity index (χ1n) is 11.4. The maximum atomic E-state index is 12.0. The van der Waals surface area contributed by atoms with E-state index < -0.39 is 11.9 Å². The Bertz CT molecular complexity index is 1140. The average Bonchev–Trinajstić information content (AvgIpc) is 3.08. The number of methoxy groups -OCH3 is 1. The van der Waals surface area contributed by atoms with Crippen LogP contribution in [0.15, 0.2) is 36.0 Å². The van der Waals surface area contributed by atoms with Crippen molar-refractivity contribution >= 4 is 29.4 Å². The van der Waals surface area contributed by atoms with E-state index in [9.17, 15) is 9.59 Å². The maximum Gasteiger partial charge on any atom is 0.326 e. The molecule has 2 aliphatic rings. The van der Waals surface area contributed by atoms with Crippen LogP contribution in [-0.2, 0) is 4.79 Å². The molecule has 0 aliphatic carbocycles. The summed E-state index contributed by atoms with van der Waals surface area (Å²) < 4.78 is 5.70. The van der Waals surface area contributed by atoms with Gasteiger partial charge < -0.3 is 19.9 Å². The number of aryl methyl sites for hydroxylation is 1. The van der Waals surface area contributed by atoms with Crippen molar-refractivity contribution < 1.29 is 14.3 Å². The van der Waals surface area contributed by atoms with E-state index in [1.165, 1.54) is 11.4 Å². The first kappa shape index (κ1) is 22.7. The SMILES string of the molecule is COc1ccc(C=C2NC(=O)NC2=O)cc1-c1cc2c(cc1C)N(C(C)C)CCN2C(C)C. The fourth-order valence-electron chi connectivity index (χ4n) is 4.64. The molecule has 3 amide bonds. The summed E-state index contributed by atoms with van der Waals surface area (Å²) in [6, 6.07) is 10.6. The molecule has 0 unspecified atom stereocenters. The Hall–Kier alpha value is -3.48. The Morgan fingerprint density at radius 2 is 1.55 bits per heavy atom. The van der Waals surface area contributed by atoms with Crippen molar-refractivity contribution in [1.82, 2.24) is 10.6 Å². The normalized spacial score (nSPS) is 17.0. The Balaban J connectivity index is 1.85. The van der Waals surface area contributed by atoms with Gasteiger partial charge in [0.2, 0.25) is 0 Å². The molecule has 0 radical (unpaired) electrons. The van der Waals surface area contributed by atoms with E-state index >= 15 is 0 Å². The van der Waals surface area contributed by atoms with Gasteiger partial charge in [-0.2, -0.15) is 0 Å². The number of nitrogens with zero attached hydrogens (tertiary/aromatic N) is 2. The van der Waals surface area contributed by atoms with E-state index in [1.54, 1.807) is 13.2 Å². The summed E-state index contributed by atoms with van der Waals surface area (Å²) in [6.45, 7) is 13.0. The van der Waals surface area contributed by atoms with Crippen LogP contribution in [0.5, 0.6) is 5.75 Å². The second-order valence-corrected chi connectivity index (χ2v) is 9.16. The zero-order valence-corrected chi connectivity index (χ0v) is 20.2. The number of fused-ring (bicyclic) bond motifs is 1. The number of amides is 3. The number of hydrogen-bond donors (Lipinski definition) is 2. The zero-order valence-electron chi connectivity index (χ0n) is 20.2. The molecule has 7 nitrogen and oxygen atoms in total. The lowest BCUT2D eigenvalue weighted by atomic mass is 9.94. The van der Waals surface area contributed by atoms with E-state index in [4.69, 9.17) is 4.74 Å². The van der Waals surface area contributed by atoms with Crippen molar-refractivity contribution in [1.29, 1.82) is 0 Å². The van der Waals surface area contributed by atoms with E-state index in [-0.39, 0.29) is 5.70 Å². The third kappa shape index (κ3) is 4.27. The van der Waals surface area contributed by atoms with Crippen LogP contribution in [0.3, 0.4) is 0 Å². The fraction of sp³-hybridized carbons (Fsp3) is 0.385. The molecule has 2 aliphatic heterocycles. The first-order valence-corrected chi connectivity index (χ1v) is 11.4. The van der Waals surface area contributed by atoms with Crippen LogP contribution in [0.1, 0.15) is 38.8 Å². The molecule has 174 valence electrons. The second-order valence-electron chi connectivity index (χ2n) is 9.16. The van der Waals surface area contributed by atoms with Crippen LogP contribution in [-0.4, -0.2) is 44.2 Å². The molecule has 4 rings (SSSR count). The molecule has 0 spiro atoms. The topological polar surface area (TPSA) is 73.9 Å². The number of nitrogens with one attached hydrogen (secondary N) is 2. The van der Waals surface area contributed by atoms with Gasteiger partial charge in [-0.15, -0.1) is 0 Å². The van der Waals surface area contributed by atoms with Gasteiger partial charge in [-0.05, 0) is 81.7 Å². The number of rotatable bonds is 5. The van der Waals surface area contributed by atoms with Crippen molar-refractivity contribution in [3.8, 4) is 16.9 Å². The number of imide groups is 1. The van der Waals surface area contributed by atoms with Gasteiger partial charge in [0.1, 0.15) is 11.4 Å². The van der Waals surface area contributed by atoms with Crippen molar-refractivity contribution in [3.63, 3.8) is 0 Å². The molecule has 33 heavy (non-hydrogen) atoms. The Labute approximate surface area is 195 Å². The third-order valence-corrected chi connectivity index (χ3v) is 6.31. The van der Waals surface area contributed by atoms with Crippen LogP contribution in [0.2, 0.25) is 0 Å². The summed E-state index contributed by atoms with van der Waals surface area (Å²) in [5.74, 6) is 0.330. The summed E-state index contributed by atoms with van der Waals surface area (Å²) in [4.78, 5) is 28.4. The molecule has 1 fully saturated rings. The van der Waals surface area contributed by atoms with Gasteiger partial charge in [-0.25, -0.2) is 4.79 Å². The molecule has 2 heterocycles. The predicted octanol–water partition coefficient (Wildman–Crippen LogP) is 4.29. The van der Waals surface area contributed by atoms with Crippen LogP contribution < -0.4 is 25.2 Å². The molecule has 2 N–H and O–H groups in total. The summed E-state index contributed by atoms with van der Waals surface area (Å²) in [5, 5.41) is 4.78. The largest absolute Gasteiger partial charge is 0.496 e. The molecule has 0 aromatic heterocycles. The van der Waals surface area contributed by atoms with E-state index in [2.05, 4.69) is 67.2 Å². The van der Waals surface area contributed by atoms with Crippen molar-refractivity contribution in [2.45, 2.75) is 46.7 Å². The minimum absolute atomic E-state index is 0.233. The number of hydrogen-bond acceptors (Lipinski definition) is 5. The van der Waals surface area contributed by atoms with Crippen molar-refractivity contribution in [3.05, 3.63) is 47.2 Å². The second kappa shape index (κ2) is 8.81. The average molecular weight is 449 g/mol. The lowest BCUT2D eigenvalue weighted by molar-refractivity contribution is -0.115. The highest BCUT2D eigenvalue weighted by atomic mass is 16.5. The fourth-order valence-corrected chi connectivity index (χ4v) is 4.64. The van der Waals surface area contributed by atoms with Gasteiger partial charge in [-0.1, -0.05) is 6.07 Å². The summed E-state index contributed by atoms with van der Waals surface area (Å²) in [6.07, 6.45) is 1.68. The smallest absolute Gasteiger partial charge is 0.326 e. The van der Waals surface area contributed by atoms with Gasteiger partial charge in [0.25, 0.3) is 5.91 Å². The molecular formula is C26H32N4O3. The van der Waals surface area contributed by atoms with Gasteiger partial charge in [0.05, 0.1) is 18.5 Å². The Morgan fingerprint density at radius 1 is 0.909 bits per heavy atom. The van der Waals surface area contributed by atoms with Crippen LogP contribution in [0.4, 0.5) is 16.2 Å². The van der Waals surface area contributed by atoms with Gasteiger partial charge in [0, 0.05) is 30.7 Å². The number of carbonyl (C=O) groups is 2. The molecule has 2 aromatic rings. The highest BCUT2D eigenvalue weighted by Crippen LogP contribution is 2.43. The molecule has 2 aromatic carbocycles. The summed E-state index contributed by atoms with van der Waals surface area (Å²) in [5.41, 5.74) is 6.70. The molecule has 0 atom stereocenters. The first-order chi connectivity index (χ1) is 15.7. The van der Waals surface area contributed by atoms with Crippen LogP contribution in [0.25, 0.3) is 17.2 Å². The van der Waals surface area contributed by atoms with Crippen LogP contribution in [0, 0.1) is 6.92 Å². The van der Waals surface area contributed by atoms with E-state index in [0.29, 0.717) is 12.1 Å². The monoisotopic (exact) mass is 448 g/mol.